The molecule has 22 heavy (non-hydrogen) atoms. The third-order valence-electron chi connectivity index (χ3n) is 3.44. The Balaban J connectivity index is 2.01. The number of nitrogens with one attached hydrogen (secondary N) is 1. The second kappa shape index (κ2) is 5.89. The molecule has 0 amide bonds. The fraction of sp³-hybridized carbons (Fsp3) is 0.176. The van der Waals surface area contributed by atoms with Gasteiger partial charge in [-0.15, -0.1) is 0 Å². The van der Waals surface area contributed by atoms with Gasteiger partial charge in [-0.1, -0.05) is 11.6 Å². The second-order valence-corrected chi connectivity index (χ2v) is 4.94. The van der Waals surface area contributed by atoms with E-state index in [1.165, 1.54) is 0 Å². The number of fused-ring (bicyclic) bond motifs is 1. The third-order valence-corrected chi connectivity index (χ3v) is 3.44. The summed E-state index contributed by atoms with van der Waals surface area (Å²) in [6, 6.07) is 11.8. The maximum Gasteiger partial charge on any atom is 0.162 e. The van der Waals surface area contributed by atoms with Crippen molar-refractivity contribution in [2.45, 2.75) is 6.92 Å². The molecule has 0 radical (unpaired) electrons. The lowest BCUT2D eigenvalue weighted by Crippen LogP contribution is -1.97. The van der Waals surface area contributed by atoms with Crippen LogP contribution in [-0.2, 0) is 0 Å². The van der Waals surface area contributed by atoms with Crippen LogP contribution in [0, 0.1) is 6.92 Å². The van der Waals surface area contributed by atoms with Crippen molar-refractivity contribution in [1.29, 1.82) is 0 Å². The normalized spacial score (nSPS) is 10.5. The van der Waals surface area contributed by atoms with Crippen LogP contribution in [0.2, 0.25) is 0 Å². The van der Waals surface area contributed by atoms with E-state index in [2.05, 4.69) is 21.4 Å². The third kappa shape index (κ3) is 2.65. The number of ether oxygens (including phenoxy) is 2. The Morgan fingerprint density at radius 1 is 0.909 bits per heavy atom. The summed E-state index contributed by atoms with van der Waals surface area (Å²) < 4.78 is 10.6. The molecule has 0 bridgehead atoms. The summed E-state index contributed by atoms with van der Waals surface area (Å²) in [5, 5.41) is 4.30. The molecule has 0 saturated carbocycles. The molecule has 0 atom stereocenters. The molecule has 0 unspecified atom stereocenters. The van der Waals surface area contributed by atoms with Gasteiger partial charge in [-0.3, -0.25) is 0 Å². The van der Waals surface area contributed by atoms with E-state index in [0.717, 1.165) is 28.0 Å². The van der Waals surface area contributed by atoms with Crippen molar-refractivity contribution in [2.24, 2.45) is 0 Å². The van der Waals surface area contributed by atoms with Gasteiger partial charge >= 0.3 is 0 Å². The van der Waals surface area contributed by atoms with Crippen molar-refractivity contribution in [2.75, 3.05) is 19.5 Å². The molecule has 5 heteroatoms. The summed E-state index contributed by atoms with van der Waals surface area (Å²) in [6.07, 6.45) is 1.56. The van der Waals surface area contributed by atoms with Gasteiger partial charge in [0.1, 0.15) is 12.1 Å². The van der Waals surface area contributed by atoms with E-state index >= 15 is 0 Å². The van der Waals surface area contributed by atoms with Gasteiger partial charge in [0.25, 0.3) is 0 Å². The molecule has 5 nitrogen and oxygen atoms in total. The first-order valence-corrected chi connectivity index (χ1v) is 6.91. The molecule has 0 saturated heterocycles. The number of hydrogen-bond acceptors (Lipinski definition) is 5. The fourth-order valence-electron chi connectivity index (χ4n) is 2.32. The minimum atomic E-state index is 0.669. The molecule has 3 aromatic rings. The number of methoxy groups -OCH3 is 2. The standard InChI is InChI=1S/C17H17N3O2/c1-11-4-6-14-13(8-11)17(19-10-18-14)20-12-5-7-15(21-2)16(9-12)22-3/h4-10H,1-3H3,(H,18,19,20). The van der Waals surface area contributed by atoms with Crippen LogP contribution in [0.1, 0.15) is 5.56 Å². The molecule has 1 heterocycles. The van der Waals surface area contributed by atoms with Gasteiger partial charge in [0.15, 0.2) is 11.5 Å². The van der Waals surface area contributed by atoms with Gasteiger partial charge in [-0.2, -0.15) is 0 Å². The fourth-order valence-corrected chi connectivity index (χ4v) is 2.32. The van der Waals surface area contributed by atoms with Crippen LogP contribution in [0.5, 0.6) is 11.5 Å². The highest BCUT2D eigenvalue weighted by Gasteiger charge is 2.08. The average Bonchev–Trinajstić information content (AvgIpc) is 2.55. The van der Waals surface area contributed by atoms with Crippen molar-refractivity contribution in [3.05, 3.63) is 48.3 Å². The van der Waals surface area contributed by atoms with Crippen molar-refractivity contribution >= 4 is 22.4 Å². The Labute approximate surface area is 128 Å². The van der Waals surface area contributed by atoms with E-state index in [4.69, 9.17) is 9.47 Å². The van der Waals surface area contributed by atoms with Gasteiger partial charge in [0.2, 0.25) is 0 Å². The first kappa shape index (κ1) is 14.1. The molecule has 1 N–H and O–H groups in total. The molecule has 112 valence electrons. The number of aryl methyl sites for hydroxylation is 1. The number of hydrogen-bond donors (Lipinski definition) is 1. The Hall–Kier alpha value is -2.82. The van der Waals surface area contributed by atoms with Crippen LogP contribution in [0.15, 0.2) is 42.7 Å². The quantitative estimate of drug-likeness (QED) is 0.795. The molecule has 2 aromatic carbocycles. The first-order valence-electron chi connectivity index (χ1n) is 6.91. The predicted octanol–water partition coefficient (Wildman–Crippen LogP) is 3.70. The lowest BCUT2D eigenvalue weighted by molar-refractivity contribution is 0.355. The Kier molecular flexibility index (Phi) is 3.78. The number of aromatic nitrogens is 2. The lowest BCUT2D eigenvalue weighted by atomic mass is 10.1. The molecule has 0 aliphatic carbocycles. The van der Waals surface area contributed by atoms with Crippen LogP contribution in [-0.4, -0.2) is 24.2 Å². The zero-order valence-electron chi connectivity index (χ0n) is 12.8. The van der Waals surface area contributed by atoms with Crippen molar-refractivity contribution < 1.29 is 9.47 Å². The summed E-state index contributed by atoms with van der Waals surface area (Å²) in [4.78, 5) is 8.64. The summed E-state index contributed by atoms with van der Waals surface area (Å²) >= 11 is 0. The number of rotatable bonds is 4. The van der Waals surface area contributed by atoms with E-state index in [1.807, 2.05) is 37.3 Å². The topological polar surface area (TPSA) is 56.3 Å². The highest BCUT2D eigenvalue weighted by Crippen LogP contribution is 2.32. The summed E-state index contributed by atoms with van der Waals surface area (Å²) in [5.41, 5.74) is 2.94. The highest BCUT2D eigenvalue weighted by atomic mass is 16.5. The van der Waals surface area contributed by atoms with E-state index in [9.17, 15) is 0 Å². The molecule has 1 aromatic heterocycles. The summed E-state index contributed by atoms with van der Waals surface area (Å²) in [5.74, 6) is 2.12. The first-order chi connectivity index (χ1) is 10.7. The Bertz CT molecular complexity index is 818. The highest BCUT2D eigenvalue weighted by molar-refractivity contribution is 5.91. The second-order valence-electron chi connectivity index (χ2n) is 4.94. The number of benzene rings is 2. The predicted molar refractivity (Wildman–Crippen MR) is 87.1 cm³/mol. The minimum absolute atomic E-state index is 0.669. The van der Waals surface area contributed by atoms with Crippen molar-refractivity contribution in [3.63, 3.8) is 0 Å². The van der Waals surface area contributed by atoms with Gasteiger partial charge in [-0.25, -0.2) is 9.97 Å². The summed E-state index contributed by atoms with van der Waals surface area (Å²) in [6.45, 7) is 2.05. The maximum atomic E-state index is 5.32. The van der Waals surface area contributed by atoms with Gasteiger partial charge < -0.3 is 14.8 Å². The van der Waals surface area contributed by atoms with Crippen LogP contribution < -0.4 is 14.8 Å². The van der Waals surface area contributed by atoms with Gasteiger partial charge in [0, 0.05) is 17.1 Å². The monoisotopic (exact) mass is 295 g/mol. The summed E-state index contributed by atoms with van der Waals surface area (Å²) in [7, 11) is 3.23. The van der Waals surface area contributed by atoms with E-state index in [-0.39, 0.29) is 0 Å². The number of anilines is 2. The van der Waals surface area contributed by atoms with Crippen molar-refractivity contribution in [3.8, 4) is 11.5 Å². The number of nitrogens with zero attached hydrogens (tertiary/aromatic N) is 2. The SMILES string of the molecule is COc1ccc(Nc2ncnc3ccc(C)cc23)cc1OC. The van der Waals surface area contributed by atoms with Gasteiger partial charge in [-0.05, 0) is 31.2 Å². The lowest BCUT2D eigenvalue weighted by Gasteiger charge is -2.12. The molecule has 0 fully saturated rings. The molecule has 3 rings (SSSR count). The van der Waals surface area contributed by atoms with Crippen molar-refractivity contribution in [1.82, 2.24) is 9.97 Å². The average molecular weight is 295 g/mol. The van der Waals surface area contributed by atoms with E-state index in [0.29, 0.717) is 11.5 Å². The molecule has 0 aliphatic heterocycles. The van der Waals surface area contributed by atoms with Crippen LogP contribution in [0.25, 0.3) is 10.9 Å². The minimum Gasteiger partial charge on any atom is -0.493 e. The van der Waals surface area contributed by atoms with E-state index < -0.39 is 0 Å². The molecule has 0 aliphatic rings. The van der Waals surface area contributed by atoms with E-state index in [1.54, 1.807) is 20.5 Å². The Morgan fingerprint density at radius 3 is 2.50 bits per heavy atom. The molecular weight excluding hydrogens is 278 g/mol. The zero-order chi connectivity index (χ0) is 15.5. The van der Waals surface area contributed by atoms with Crippen LogP contribution in [0.4, 0.5) is 11.5 Å². The Morgan fingerprint density at radius 2 is 1.73 bits per heavy atom. The smallest absolute Gasteiger partial charge is 0.162 e. The van der Waals surface area contributed by atoms with Crippen LogP contribution in [0.3, 0.4) is 0 Å². The van der Waals surface area contributed by atoms with Crippen LogP contribution >= 0.6 is 0 Å². The molecular formula is C17H17N3O2. The molecule has 0 spiro atoms. The largest absolute Gasteiger partial charge is 0.493 e. The van der Waals surface area contributed by atoms with Gasteiger partial charge in [0.05, 0.1) is 19.7 Å². The zero-order valence-corrected chi connectivity index (χ0v) is 12.8. The maximum absolute atomic E-state index is 5.32.